The summed E-state index contributed by atoms with van der Waals surface area (Å²) in [5.41, 5.74) is -0.125. The van der Waals surface area contributed by atoms with Crippen molar-refractivity contribution in [3.05, 3.63) is 23.8 Å². The summed E-state index contributed by atoms with van der Waals surface area (Å²) in [6, 6.07) is 5.75. The predicted octanol–water partition coefficient (Wildman–Crippen LogP) is 1.62. The molecule has 1 aromatic carbocycles. The number of carbonyl (C=O) groups is 1. The van der Waals surface area contributed by atoms with E-state index in [2.05, 4.69) is 6.07 Å². The molecule has 0 saturated carbocycles. The van der Waals surface area contributed by atoms with Crippen LogP contribution in [-0.4, -0.2) is 33.6 Å². The summed E-state index contributed by atoms with van der Waals surface area (Å²) >= 11 is 0. The van der Waals surface area contributed by atoms with Crippen LogP contribution in [0.5, 0.6) is 11.5 Å². The molecule has 2 N–H and O–H groups in total. The van der Waals surface area contributed by atoms with E-state index in [1.807, 2.05) is 0 Å². The molecule has 1 heterocycles. The zero-order valence-corrected chi connectivity index (χ0v) is 9.83. The van der Waals surface area contributed by atoms with Gasteiger partial charge in [0.2, 0.25) is 0 Å². The molecule has 1 aliphatic heterocycles. The van der Waals surface area contributed by atoms with E-state index in [1.165, 1.54) is 23.1 Å². The van der Waals surface area contributed by atoms with Gasteiger partial charge in [0.25, 0.3) is 5.91 Å². The lowest BCUT2D eigenvalue weighted by Gasteiger charge is -2.31. The van der Waals surface area contributed by atoms with Crippen molar-refractivity contribution in [2.24, 2.45) is 0 Å². The van der Waals surface area contributed by atoms with Gasteiger partial charge in [0.05, 0.1) is 6.07 Å². The van der Waals surface area contributed by atoms with E-state index in [9.17, 15) is 15.0 Å². The van der Waals surface area contributed by atoms with Crippen molar-refractivity contribution in [2.75, 3.05) is 6.54 Å². The van der Waals surface area contributed by atoms with Gasteiger partial charge in [-0.3, -0.25) is 4.79 Å². The molecule has 5 nitrogen and oxygen atoms in total. The molecule has 1 amide bonds. The Morgan fingerprint density at radius 3 is 2.61 bits per heavy atom. The second-order valence-electron chi connectivity index (χ2n) is 4.31. The van der Waals surface area contributed by atoms with Crippen LogP contribution in [0.25, 0.3) is 0 Å². The van der Waals surface area contributed by atoms with Crippen molar-refractivity contribution in [1.82, 2.24) is 4.90 Å². The monoisotopic (exact) mass is 246 g/mol. The molecule has 2 rings (SSSR count). The number of aromatic hydroxyl groups is 2. The van der Waals surface area contributed by atoms with Crippen LogP contribution in [-0.2, 0) is 0 Å². The zero-order valence-electron chi connectivity index (χ0n) is 9.83. The molecule has 94 valence electrons. The lowest BCUT2D eigenvalue weighted by molar-refractivity contribution is 0.0664. The summed E-state index contributed by atoms with van der Waals surface area (Å²) in [6.07, 6.45) is 2.38. The number of hydrogen-bond donors (Lipinski definition) is 2. The molecular weight excluding hydrogens is 232 g/mol. The number of benzene rings is 1. The molecule has 0 bridgehead atoms. The van der Waals surface area contributed by atoms with Gasteiger partial charge in [-0.25, -0.2) is 0 Å². The van der Waals surface area contributed by atoms with Crippen LogP contribution in [0.4, 0.5) is 0 Å². The first kappa shape index (κ1) is 12.2. The van der Waals surface area contributed by atoms with Gasteiger partial charge in [0.15, 0.2) is 0 Å². The minimum Gasteiger partial charge on any atom is -0.507 e. The van der Waals surface area contributed by atoms with Gasteiger partial charge < -0.3 is 15.1 Å². The van der Waals surface area contributed by atoms with Gasteiger partial charge in [-0.05, 0) is 31.4 Å². The highest BCUT2D eigenvalue weighted by molar-refractivity contribution is 5.99. The molecule has 1 saturated heterocycles. The summed E-state index contributed by atoms with van der Waals surface area (Å²) in [7, 11) is 0. The molecule has 5 heteroatoms. The number of phenols is 2. The van der Waals surface area contributed by atoms with Gasteiger partial charge in [0.1, 0.15) is 23.1 Å². The summed E-state index contributed by atoms with van der Waals surface area (Å²) in [6.45, 7) is 0.477. The highest BCUT2D eigenvalue weighted by Crippen LogP contribution is 2.29. The van der Waals surface area contributed by atoms with E-state index in [4.69, 9.17) is 5.26 Å². The third kappa shape index (κ3) is 2.09. The van der Waals surface area contributed by atoms with Gasteiger partial charge in [-0.1, -0.05) is 6.07 Å². The number of piperidine rings is 1. The van der Waals surface area contributed by atoms with E-state index in [0.717, 1.165) is 12.8 Å². The Bertz CT molecular complexity index is 487. The first-order chi connectivity index (χ1) is 8.65. The van der Waals surface area contributed by atoms with Crippen molar-refractivity contribution in [2.45, 2.75) is 25.3 Å². The Labute approximate surface area is 105 Å². The molecule has 1 aromatic rings. The maximum Gasteiger partial charge on any atom is 0.262 e. The lowest BCUT2D eigenvalue weighted by Crippen LogP contribution is -2.42. The third-order valence-corrected chi connectivity index (χ3v) is 3.15. The smallest absolute Gasteiger partial charge is 0.262 e. The first-order valence-corrected chi connectivity index (χ1v) is 5.86. The minimum atomic E-state index is -0.489. The fourth-order valence-electron chi connectivity index (χ4n) is 2.20. The Balaban J connectivity index is 2.33. The van der Waals surface area contributed by atoms with Gasteiger partial charge in [-0.15, -0.1) is 0 Å². The molecule has 1 unspecified atom stereocenters. The molecule has 0 spiro atoms. The van der Waals surface area contributed by atoms with E-state index in [0.29, 0.717) is 13.0 Å². The van der Waals surface area contributed by atoms with Crippen molar-refractivity contribution < 1.29 is 15.0 Å². The Hall–Kier alpha value is -2.22. The summed E-state index contributed by atoms with van der Waals surface area (Å²) in [5, 5.41) is 28.3. The number of rotatable bonds is 1. The number of phenolic OH excluding ortho intramolecular Hbond substituents is 2. The fourth-order valence-corrected chi connectivity index (χ4v) is 2.20. The normalized spacial score (nSPS) is 19.3. The molecule has 1 aliphatic rings. The molecule has 0 aliphatic carbocycles. The van der Waals surface area contributed by atoms with Crippen molar-refractivity contribution >= 4 is 5.91 Å². The largest absolute Gasteiger partial charge is 0.507 e. The standard InChI is InChI=1S/C13H14N2O3/c14-8-9-4-1-2-7-15(9)13(18)12-10(16)5-3-6-11(12)17/h3,5-6,9,16-17H,1-2,4,7H2. The number of likely N-dealkylation sites (tertiary alicyclic amines) is 1. The van der Waals surface area contributed by atoms with Crippen LogP contribution in [0, 0.1) is 11.3 Å². The second-order valence-corrected chi connectivity index (χ2v) is 4.31. The van der Waals surface area contributed by atoms with Crippen LogP contribution in [0.1, 0.15) is 29.6 Å². The maximum atomic E-state index is 12.3. The lowest BCUT2D eigenvalue weighted by atomic mass is 10.0. The third-order valence-electron chi connectivity index (χ3n) is 3.15. The SMILES string of the molecule is N#CC1CCCCN1C(=O)c1c(O)cccc1O. The number of carbonyl (C=O) groups excluding carboxylic acids is 1. The topological polar surface area (TPSA) is 84.6 Å². The summed E-state index contributed by atoms with van der Waals surface area (Å²) in [5.74, 6) is -1.01. The van der Waals surface area contributed by atoms with Gasteiger partial charge in [0, 0.05) is 6.54 Å². The molecule has 1 atom stereocenters. The Morgan fingerprint density at radius 1 is 1.33 bits per heavy atom. The Morgan fingerprint density at radius 2 is 2.00 bits per heavy atom. The van der Waals surface area contributed by atoms with E-state index < -0.39 is 11.9 Å². The van der Waals surface area contributed by atoms with Crippen LogP contribution in [0.2, 0.25) is 0 Å². The van der Waals surface area contributed by atoms with Crippen molar-refractivity contribution in [3.63, 3.8) is 0 Å². The van der Waals surface area contributed by atoms with Crippen LogP contribution < -0.4 is 0 Å². The van der Waals surface area contributed by atoms with Crippen LogP contribution in [0.15, 0.2) is 18.2 Å². The van der Waals surface area contributed by atoms with Gasteiger partial charge >= 0.3 is 0 Å². The van der Waals surface area contributed by atoms with E-state index >= 15 is 0 Å². The van der Waals surface area contributed by atoms with Crippen LogP contribution >= 0.6 is 0 Å². The minimum absolute atomic E-state index is 0.125. The average Bonchev–Trinajstić information content (AvgIpc) is 2.38. The van der Waals surface area contributed by atoms with E-state index in [1.54, 1.807) is 0 Å². The fraction of sp³-hybridized carbons (Fsp3) is 0.385. The molecular formula is C13H14N2O3. The summed E-state index contributed by atoms with van der Waals surface area (Å²) in [4.78, 5) is 13.7. The van der Waals surface area contributed by atoms with E-state index in [-0.39, 0.29) is 17.1 Å². The zero-order chi connectivity index (χ0) is 13.1. The number of nitriles is 1. The molecule has 0 radical (unpaired) electrons. The van der Waals surface area contributed by atoms with Crippen molar-refractivity contribution in [3.8, 4) is 17.6 Å². The number of nitrogens with zero attached hydrogens (tertiary/aromatic N) is 2. The first-order valence-electron chi connectivity index (χ1n) is 5.86. The molecule has 18 heavy (non-hydrogen) atoms. The molecule has 1 fully saturated rings. The van der Waals surface area contributed by atoms with Gasteiger partial charge in [-0.2, -0.15) is 5.26 Å². The number of amides is 1. The highest BCUT2D eigenvalue weighted by Gasteiger charge is 2.30. The number of hydrogen-bond acceptors (Lipinski definition) is 4. The molecule has 0 aromatic heterocycles. The highest BCUT2D eigenvalue weighted by atomic mass is 16.3. The maximum absolute atomic E-state index is 12.3. The van der Waals surface area contributed by atoms with Crippen LogP contribution in [0.3, 0.4) is 0 Å². The second kappa shape index (κ2) is 4.96. The predicted molar refractivity (Wildman–Crippen MR) is 64.1 cm³/mol. The quantitative estimate of drug-likeness (QED) is 0.788. The average molecular weight is 246 g/mol. The summed E-state index contributed by atoms with van der Waals surface area (Å²) < 4.78 is 0. The van der Waals surface area contributed by atoms with Crippen molar-refractivity contribution in [1.29, 1.82) is 5.26 Å². The Kier molecular flexibility index (Phi) is 3.38.